The molecule has 3 rings (SSSR count). The molecule has 0 radical (unpaired) electrons. The standard InChI is InChI=1S/C13H15ClN2O4S/c1-20-12-3-2-8(14)4-11(12)15-13(17)16-6-10-5-9(16)7-21(10,18)19/h2-4,9-10H,5-7H2,1H3,(H,15,17). The molecule has 2 atom stereocenters. The maximum atomic E-state index is 12.3. The maximum absolute atomic E-state index is 12.3. The lowest BCUT2D eigenvalue weighted by molar-refractivity contribution is 0.209. The molecular weight excluding hydrogens is 316 g/mol. The molecule has 21 heavy (non-hydrogen) atoms. The maximum Gasteiger partial charge on any atom is 0.322 e. The second-order valence-electron chi connectivity index (χ2n) is 5.27. The van der Waals surface area contributed by atoms with Gasteiger partial charge < -0.3 is 15.0 Å². The molecule has 0 aromatic heterocycles. The van der Waals surface area contributed by atoms with Gasteiger partial charge in [-0.1, -0.05) is 11.6 Å². The Balaban J connectivity index is 1.75. The highest BCUT2D eigenvalue weighted by Gasteiger charge is 2.50. The van der Waals surface area contributed by atoms with E-state index in [4.69, 9.17) is 16.3 Å². The van der Waals surface area contributed by atoms with Crippen molar-refractivity contribution in [2.45, 2.75) is 17.7 Å². The minimum Gasteiger partial charge on any atom is -0.495 e. The first kappa shape index (κ1) is 14.5. The van der Waals surface area contributed by atoms with Crippen LogP contribution in [0.2, 0.25) is 5.02 Å². The number of likely N-dealkylation sites (tertiary alicyclic amines) is 1. The molecule has 2 fully saturated rings. The molecule has 2 aliphatic rings. The summed E-state index contributed by atoms with van der Waals surface area (Å²) in [6.45, 7) is 0.252. The molecule has 2 saturated heterocycles. The number of sulfone groups is 1. The highest BCUT2D eigenvalue weighted by Crippen LogP contribution is 2.34. The van der Waals surface area contributed by atoms with Crippen LogP contribution < -0.4 is 10.1 Å². The molecule has 2 amide bonds. The number of halogens is 1. The number of fused-ring (bicyclic) bond motifs is 2. The number of benzene rings is 1. The van der Waals surface area contributed by atoms with Crippen LogP contribution in [0, 0.1) is 0 Å². The largest absolute Gasteiger partial charge is 0.495 e. The number of methoxy groups -OCH3 is 1. The van der Waals surface area contributed by atoms with E-state index in [1.807, 2.05) is 0 Å². The molecule has 2 aliphatic heterocycles. The monoisotopic (exact) mass is 330 g/mol. The molecule has 1 aromatic rings. The number of nitrogens with one attached hydrogen (secondary N) is 1. The van der Waals surface area contributed by atoms with Gasteiger partial charge in [0.25, 0.3) is 0 Å². The predicted molar refractivity (Wildman–Crippen MR) is 79.7 cm³/mol. The molecule has 8 heteroatoms. The number of rotatable bonds is 2. The first-order valence-corrected chi connectivity index (χ1v) is 8.63. The van der Waals surface area contributed by atoms with Crippen molar-refractivity contribution in [3.8, 4) is 5.75 Å². The molecule has 0 aliphatic carbocycles. The van der Waals surface area contributed by atoms with Crippen LogP contribution in [-0.4, -0.2) is 50.0 Å². The second kappa shape index (κ2) is 5.06. The minimum absolute atomic E-state index is 0.0533. The zero-order valence-corrected chi connectivity index (χ0v) is 12.9. The Labute approximate surface area is 127 Å². The van der Waals surface area contributed by atoms with E-state index in [9.17, 15) is 13.2 Å². The van der Waals surface area contributed by atoms with Gasteiger partial charge in [-0.2, -0.15) is 0 Å². The number of carbonyl (C=O) groups is 1. The van der Waals surface area contributed by atoms with Crippen molar-refractivity contribution in [2.24, 2.45) is 0 Å². The summed E-state index contributed by atoms with van der Waals surface area (Å²) in [6, 6.07) is 4.38. The SMILES string of the molecule is COc1ccc(Cl)cc1NC(=O)N1CC2CC1CS2(=O)=O. The van der Waals surface area contributed by atoms with Crippen LogP contribution in [-0.2, 0) is 9.84 Å². The zero-order valence-electron chi connectivity index (χ0n) is 11.4. The van der Waals surface area contributed by atoms with E-state index in [2.05, 4.69) is 5.32 Å². The summed E-state index contributed by atoms with van der Waals surface area (Å²) in [5.41, 5.74) is 0.473. The Bertz CT molecular complexity index is 691. The summed E-state index contributed by atoms with van der Waals surface area (Å²) >= 11 is 5.92. The summed E-state index contributed by atoms with van der Waals surface area (Å²) in [6.07, 6.45) is 0.530. The van der Waals surface area contributed by atoms with Gasteiger partial charge in [0.2, 0.25) is 0 Å². The molecule has 1 aromatic carbocycles. The summed E-state index contributed by atoms with van der Waals surface area (Å²) in [5, 5.41) is 2.80. The highest BCUT2D eigenvalue weighted by atomic mass is 35.5. The van der Waals surface area contributed by atoms with Crippen molar-refractivity contribution in [1.82, 2.24) is 4.90 Å². The lowest BCUT2D eigenvalue weighted by atomic mass is 10.2. The van der Waals surface area contributed by atoms with Crippen LogP contribution in [0.3, 0.4) is 0 Å². The highest BCUT2D eigenvalue weighted by molar-refractivity contribution is 7.92. The molecule has 2 unspecified atom stereocenters. The number of hydrogen-bond donors (Lipinski definition) is 1. The first-order valence-electron chi connectivity index (χ1n) is 6.53. The quantitative estimate of drug-likeness (QED) is 0.896. The number of amides is 2. The van der Waals surface area contributed by atoms with Gasteiger partial charge in [0.15, 0.2) is 9.84 Å². The summed E-state index contributed by atoms with van der Waals surface area (Å²) in [5.74, 6) is 0.558. The molecule has 0 saturated carbocycles. The summed E-state index contributed by atoms with van der Waals surface area (Å²) in [7, 11) is -1.51. The number of anilines is 1. The van der Waals surface area contributed by atoms with Gasteiger partial charge in [-0.25, -0.2) is 13.2 Å². The number of nitrogens with zero attached hydrogens (tertiary/aromatic N) is 1. The average Bonchev–Trinajstić information content (AvgIpc) is 2.94. The molecule has 1 N–H and O–H groups in total. The minimum atomic E-state index is -3.01. The Morgan fingerprint density at radius 2 is 2.24 bits per heavy atom. The Hall–Kier alpha value is -1.47. The number of ether oxygens (including phenoxy) is 1. The van der Waals surface area contributed by atoms with Crippen molar-refractivity contribution in [3.63, 3.8) is 0 Å². The average molecular weight is 331 g/mol. The van der Waals surface area contributed by atoms with Crippen molar-refractivity contribution in [2.75, 3.05) is 24.7 Å². The topological polar surface area (TPSA) is 75.7 Å². The third kappa shape index (κ3) is 2.55. The lowest BCUT2D eigenvalue weighted by Gasteiger charge is -2.27. The number of hydrogen-bond acceptors (Lipinski definition) is 4. The molecule has 6 nitrogen and oxygen atoms in total. The molecule has 0 spiro atoms. The van der Waals surface area contributed by atoms with Crippen molar-refractivity contribution in [1.29, 1.82) is 0 Å². The van der Waals surface area contributed by atoms with Crippen LogP contribution in [0.25, 0.3) is 0 Å². The lowest BCUT2D eigenvalue weighted by Crippen LogP contribution is -2.46. The van der Waals surface area contributed by atoms with Gasteiger partial charge in [-0.05, 0) is 24.6 Å². The van der Waals surface area contributed by atoms with Crippen LogP contribution in [0.5, 0.6) is 5.75 Å². The molecular formula is C13H15ClN2O4S. The van der Waals surface area contributed by atoms with Crippen molar-refractivity contribution >= 4 is 33.2 Å². The fourth-order valence-corrected chi connectivity index (χ4v) is 5.11. The fourth-order valence-electron chi connectivity index (χ4n) is 2.91. The summed E-state index contributed by atoms with van der Waals surface area (Å²) in [4.78, 5) is 13.9. The number of urea groups is 1. The molecule has 114 valence electrons. The van der Waals surface area contributed by atoms with E-state index in [0.29, 0.717) is 22.9 Å². The Morgan fingerprint density at radius 1 is 1.48 bits per heavy atom. The van der Waals surface area contributed by atoms with E-state index in [0.717, 1.165) is 0 Å². The predicted octanol–water partition coefficient (Wildman–Crippen LogP) is 1.75. The van der Waals surface area contributed by atoms with Gasteiger partial charge in [-0.15, -0.1) is 0 Å². The van der Waals surface area contributed by atoms with E-state index >= 15 is 0 Å². The van der Waals surface area contributed by atoms with Gasteiger partial charge in [0.1, 0.15) is 5.75 Å². The molecule has 2 bridgehead atoms. The Kier molecular flexibility index (Phi) is 3.49. The van der Waals surface area contributed by atoms with E-state index in [1.165, 1.54) is 7.11 Å². The fraction of sp³-hybridized carbons (Fsp3) is 0.462. The Morgan fingerprint density at radius 3 is 2.81 bits per heavy atom. The van der Waals surface area contributed by atoms with Gasteiger partial charge >= 0.3 is 6.03 Å². The van der Waals surface area contributed by atoms with Gasteiger partial charge in [-0.3, -0.25) is 0 Å². The van der Waals surface area contributed by atoms with Gasteiger partial charge in [0, 0.05) is 17.6 Å². The zero-order chi connectivity index (χ0) is 15.2. The van der Waals surface area contributed by atoms with Crippen LogP contribution in [0.4, 0.5) is 10.5 Å². The number of carbonyl (C=O) groups excluding carboxylic acids is 1. The van der Waals surface area contributed by atoms with Crippen LogP contribution >= 0.6 is 11.6 Å². The smallest absolute Gasteiger partial charge is 0.322 e. The second-order valence-corrected chi connectivity index (χ2v) is 8.03. The third-order valence-corrected chi connectivity index (χ3v) is 6.41. The molecule has 2 heterocycles. The van der Waals surface area contributed by atoms with Crippen LogP contribution in [0.15, 0.2) is 18.2 Å². The van der Waals surface area contributed by atoms with Crippen LogP contribution in [0.1, 0.15) is 6.42 Å². The van der Waals surface area contributed by atoms with E-state index < -0.39 is 15.1 Å². The normalized spacial score (nSPS) is 25.9. The van der Waals surface area contributed by atoms with Crippen molar-refractivity contribution < 1.29 is 17.9 Å². The van der Waals surface area contributed by atoms with E-state index in [1.54, 1.807) is 23.1 Å². The summed E-state index contributed by atoms with van der Waals surface area (Å²) < 4.78 is 28.6. The third-order valence-electron chi connectivity index (χ3n) is 3.97. The first-order chi connectivity index (χ1) is 9.90. The van der Waals surface area contributed by atoms with E-state index in [-0.39, 0.29) is 24.4 Å². The van der Waals surface area contributed by atoms with Gasteiger partial charge in [0.05, 0.1) is 23.8 Å². The van der Waals surface area contributed by atoms with Crippen molar-refractivity contribution in [3.05, 3.63) is 23.2 Å².